The zero-order valence-electron chi connectivity index (χ0n) is 22.0. The summed E-state index contributed by atoms with van der Waals surface area (Å²) in [6.07, 6.45) is 9.60. The van der Waals surface area contributed by atoms with E-state index in [0.717, 1.165) is 24.7 Å². The molecular weight excluding hydrogens is 538 g/mol. The van der Waals surface area contributed by atoms with Gasteiger partial charge in [-0.2, -0.15) is 8.42 Å². The van der Waals surface area contributed by atoms with E-state index in [1.54, 1.807) is 12.1 Å². The Hall–Kier alpha value is -3.18. The van der Waals surface area contributed by atoms with E-state index in [9.17, 15) is 26.7 Å². The molecule has 0 saturated heterocycles. The molecule has 2 aromatic carbocycles. The number of nitrogens with one attached hydrogen (secondary N) is 2. The first-order valence-corrected chi connectivity index (χ1v) is 16.5. The molecule has 208 valence electrons. The molecular formula is C28H33N3O6S2. The second-order valence-electron chi connectivity index (χ2n) is 11.0. The van der Waals surface area contributed by atoms with Gasteiger partial charge in [0.2, 0.25) is 10.0 Å². The zero-order valence-corrected chi connectivity index (χ0v) is 23.7. The predicted molar refractivity (Wildman–Crippen MR) is 152 cm³/mol. The zero-order chi connectivity index (χ0) is 28.0. The number of fused-ring (bicyclic) bond motifs is 2. The van der Waals surface area contributed by atoms with Crippen molar-refractivity contribution in [3.63, 3.8) is 0 Å². The van der Waals surface area contributed by atoms with Gasteiger partial charge in [0.05, 0.1) is 17.4 Å². The molecule has 0 spiro atoms. The molecule has 1 heterocycles. The smallest absolute Gasteiger partial charge is 0.286 e. The van der Waals surface area contributed by atoms with Crippen LogP contribution >= 0.6 is 0 Å². The lowest BCUT2D eigenvalue weighted by atomic mass is 9.66. The van der Waals surface area contributed by atoms with E-state index < -0.39 is 25.5 Å². The fourth-order valence-corrected chi connectivity index (χ4v) is 7.75. The maximum absolute atomic E-state index is 14.1. The molecule has 3 N–H and O–H groups in total. The minimum atomic E-state index is -4.32. The molecule has 2 aliphatic carbocycles. The molecule has 9 nitrogen and oxygen atoms in total. The Balaban J connectivity index is 1.51. The third-order valence-corrected chi connectivity index (χ3v) is 9.94. The van der Waals surface area contributed by atoms with E-state index in [2.05, 4.69) is 14.4 Å². The number of hydrogen-bond acceptors (Lipinski definition) is 7. The summed E-state index contributed by atoms with van der Waals surface area (Å²) < 4.78 is 55.7. The highest BCUT2D eigenvalue weighted by Gasteiger charge is 2.46. The Morgan fingerprint density at radius 1 is 1.13 bits per heavy atom. The average Bonchev–Trinajstić information content (AvgIpc) is 2.88. The maximum atomic E-state index is 14.1. The topological polar surface area (TPSA) is 142 Å². The lowest BCUT2D eigenvalue weighted by molar-refractivity contribution is -0.120. The molecule has 5 rings (SSSR count). The third kappa shape index (κ3) is 5.34. The van der Waals surface area contributed by atoms with E-state index in [-0.39, 0.29) is 39.2 Å². The van der Waals surface area contributed by atoms with Gasteiger partial charge < -0.3 is 10.4 Å². The van der Waals surface area contributed by atoms with Crippen LogP contribution in [0.4, 0.5) is 11.4 Å². The molecule has 0 aromatic heterocycles. The summed E-state index contributed by atoms with van der Waals surface area (Å²) in [5.41, 5.74) is 0.260. The highest BCUT2D eigenvalue weighted by atomic mass is 32.2. The first kappa shape index (κ1) is 27.4. The molecule has 39 heavy (non-hydrogen) atoms. The van der Waals surface area contributed by atoms with E-state index in [4.69, 9.17) is 0 Å². The Labute approximate surface area is 229 Å². The van der Waals surface area contributed by atoms with Crippen molar-refractivity contribution in [2.24, 2.45) is 10.3 Å². The van der Waals surface area contributed by atoms with Crippen molar-refractivity contribution in [1.82, 2.24) is 0 Å². The van der Waals surface area contributed by atoms with Crippen LogP contribution in [0.5, 0.6) is 0 Å². The number of aliphatic hydroxyl groups is 1. The number of carbonyl (C=O) groups excluding carboxylic acids is 1. The summed E-state index contributed by atoms with van der Waals surface area (Å²) in [5.74, 6) is -0.294. The largest absolute Gasteiger partial charge is 0.506 e. The quantitative estimate of drug-likeness (QED) is 0.418. The molecule has 1 unspecified atom stereocenters. The van der Waals surface area contributed by atoms with Gasteiger partial charge in [-0.15, -0.1) is 4.40 Å². The molecule has 1 saturated carbocycles. The number of benzene rings is 2. The van der Waals surface area contributed by atoms with Crippen LogP contribution in [0.1, 0.15) is 69.4 Å². The van der Waals surface area contributed by atoms with Crippen LogP contribution in [-0.2, 0) is 30.3 Å². The van der Waals surface area contributed by atoms with Crippen LogP contribution in [0.15, 0.2) is 57.3 Å². The van der Waals surface area contributed by atoms with E-state index in [1.807, 2.05) is 19.1 Å². The normalized spacial score (nSPS) is 22.9. The predicted octanol–water partition coefficient (Wildman–Crippen LogP) is 5.13. The van der Waals surface area contributed by atoms with Gasteiger partial charge in [0, 0.05) is 11.3 Å². The molecule has 11 heteroatoms. The second-order valence-corrected chi connectivity index (χ2v) is 14.3. The monoisotopic (exact) mass is 571 g/mol. The summed E-state index contributed by atoms with van der Waals surface area (Å²) >= 11 is 0. The van der Waals surface area contributed by atoms with Crippen LogP contribution < -0.4 is 10.0 Å². The number of hydrogen-bond donors (Lipinski definition) is 3. The lowest BCUT2D eigenvalue weighted by Crippen LogP contribution is -2.42. The molecule has 0 amide bonds. The molecule has 1 atom stereocenters. The number of Topliss-reactive ketones (excluding diaryl/α,β-unsaturated/α-hetero) is 1. The number of carbonyl (C=O) groups is 1. The van der Waals surface area contributed by atoms with Crippen molar-refractivity contribution in [3.8, 4) is 0 Å². The number of anilines is 2. The van der Waals surface area contributed by atoms with E-state index in [1.165, 1.54) is 50.3 Å². The van der Waals surface area contributed by atoms with Crippen LogP contribution in [0.2, 0.25) is 0 Å². The Kier molecular flexibility index (Phi) is 7.09. The number of aliphatic hydroxyl groups excluding tert-OH is 1. The van der Waals surface area contributed by atoms with Crippen molar-refractivity contribution in [1.29, 1.82) is 0 Å². The SMILES string of the molecule is CC1(CCCC2CCCCC2)C(=O)C(C2=NS(=O)(=O)c3cc(NS(C)(=O)=O)ccc3N2)=C(O)c2ccccc21. The Morgan fingerprint density at radius 2 is 1.85 bits per heavy atom. The highest BCUT2D eigenvalue weighted by molar-refractivity contribution is 7.92. The fourth-order valence-electron chi connectivity index (χ4n) is 6.04. The summed E-state index contributed by atoms with van der Waals surface area (Å²) in [6.45, 7) is 1.86. The number of rotatable bonds is 7. The van der Waals surface area contributed by atoms with E-state index in [0.29, 0.717) is 17.9 Å². The first-order valence-electron chi connectivity index (χ1n) is 13.2. The summed E-state index contributed by atoms with van der Waals surface area (Å²) in [7, 11) is -7.94. The molecule has 1 aliphatic heterocycles. The minimum absolute atomic E-state index is 0.0653. The van der Waals surface area contributed by atoms with Gasteiger partial charge in [-0.05, 0) is 43.0 Å². The maximum Gasteiger partial charge on any atom is 0.286 e. The van der Waals surface area contributed by atoms with Gasteiger partial charge in [0.1, 0.15) is 16.2 Å². The molecule has 3 aliphatic rings. The van der Waals surface area contributed by atoms with E-state index >= 15 is 0 Å². The van der Waals surface area contributed by atoms with Crippen molar-refractivity contribution in [2.75, 3.05) is 16.3 Å². The first-order chi connectivity index (χ1) is 18.4. The van der Waals surface area contributed by atoms with Gasteiger partial charge in [0.15, 0.2) is 11.6 Å². The number of nitrogens with zero attached hydrogens (tertiary/aromatic N) is 1. The summed E-state index contributed by atoms with van der Waals surface area (Å²) in [6, 6.07) is 11.2. The Bertz CT molecular complexity index is 1610. The van der Waals surface area contributed by atoms with Gasteiger partial charge in [-0.3, -0.25) is 9.52 Å². The summed E-state index contributed by atoms with van der Waals surface area (Å²) in [5, 5.41) is 14.2. The van der Waals surface area contributed by atoms with Gasteiger partial charge in [-0.25, -0.2) is 8.42 Å². The van der Waals surface area contributed by atoms with Crippen molar-refractivity contribution < 1.29 is 26.7 Å². The lowest BCUT2D eigenvalue weighted by Gasteiger charge is -2.36. The van der Waals surface area contributed by atoms with Crippen LogP contribution in [0, 0.1) is 5.92 Å². The van der Waals surface area contributed by atoms with Gasteiger partial charge in [0.25, 0.3) is 10.0 Å². The standard InChI is InChI=1S/C28H33N3O6S2/c1-28(16-8-11-18-9-4-3-5-10-18)21-13-7-6-12-20(21)25(32)24(26(28)33)27-29-22-15-14-19(30-38(2,34)35)17-23(22)39(36,37)31-27/h6-7,12-15,17-18,30,32H,3-5,8-11,16H2,1-2H3,(H,29,31). The Morgan fingerprint density at radius 3 is 2.56 bits per heavy atom. The molecule has 1 fully saturated rings. The molecule has 0 bridgehead atoms. The number of sulfonamides is 2. The third-order valence-electron chi connectivity index (χ3n) is 8.02. The van der Waals surface area contributed by atoms with Crippen molar-refractivity contribution in [3.05, 3.63) is 59.2 Å². The van der Waals surface area contributed by atoms with Crippen LogP contribution in [0.3, 0.4) is 0 Å². The highest BCUT2D eigenvalue weighted by Crippen LogP contribution is 2.44. The summed E-state index contributed by atoms with van der Waals surface area (Å²) in [4.78, 5) is 13.9. The van der Waals surface area contributed by atoms with Gasteiger partial charge in [-0.1, -0.05) is 69.2 Å². The number of ketones is 1. The van der Waals surface area contributed by atoms with Crippen LogP contribution in [-0.4, -0.2) is 39.8 Å². The van der Waals surface area contributed by atoms with Crippen molar-refractivity contribution >= 4 is 48.8 Å². The van der Waals surface area contributed by atoms with Crippen molar-refractivity contribution in [2.45, 2.75) is 68.6 Å². The molecule has 0 radical (unpaired) electrons. The minimum Gasteiger partial charge on any atom is -0.506 e. The molecule has 2 aromatic rings. The second kappa shape index (κ2) is 10.1. The van der Waals surface area contributed by atoms with Gasteiger partial charge >= 0.3 is 0 Å². The fraction of sp³-hybridized carbons (Fsp3) is 0.429. The van der Waals surface area contributed by atoms with Crippen LogP contribution in [0.25, 0.3) is 5.76 Å². The number of amidine groups is 1. The average molecular weight is 572 g/mol.